The number of ether oxygens (including phenoxy) is 8. The highest BCUT2D eigenvalue weighted by Gasteiger charge is 2.27. The smallest absolute Gasteiger partial charge is 0.181 e. The van der Waals surface area contributed by atoms with Gasteiger partial charge in [0.25, 0.3) is 0 Å². The second-order valence-corrected chi connectivity index (χ2v) is 11.0. The molecule has 0 aliphatic carbocycles. The quantitative estimate of drug-likeness (QED) is 0.203. The summed E-state index contributed by atoms with van der Waals surface area (Å²) in [4.78, 5) is 0. The topological polar surface area (TPSA) is 87.0 Å². The van der Waals surface area contributed by atoms with Crippen molar-refractivity contribution in [3.8, 4) is 11.5 Å². The molecule has 4 aromatic carbocycles. The maximum atomic E-state index is 6.37. The molecule has 4 heterocycles. The number of rotatable bonds is 14. The van der Waals surface area contributed by atoms with Gasteiger partial charge < -0.3 is 37.9 Å². The van der Waals surface area contributed by atoms with Crippen LogP contribution >= 0.6 is 0 Å². The lowest BCUT2D eigenvalue weighted by Gasteiger charge is -2.19. The predicted octanol–water partition coefficient (Wildman–Crippen LogP) is 4.88. The average Bonchev–Trinajstić information content (AvgIpc) is 3.83. The van der Waals surface area contributed by atoms with E-state index in [0.717, 1.165) is 52.2 Å². The minimum Gasteiger partial charge on any atom is -0.491 e. The Morgan fingerprint density at radius 1 is 0.610 bits per heavy atom. The van der Waals surface area contributed by atoms with Gasteiger partial charge in [0.15, 0.2) is 12.6 Å². The van der Waals surface area contributed by atoms with Crippen molar-refractivity contribution in [1.82, 2.24) is 0 Å². The summed E-state index contributed by atoms with van der Waals surface area (Å²) >= 11 is 0. The van der Waals surface area contributed by atoms with Crippen molar-refractivity contribution in [3.05, 3.63) is 82.9 Å². The zero-order valence-corrected chi connectivity index (χ0v) is 22.7. The molecule has 0 amide bonds. The number of epoxide rings is 4. The maximum absolute atomic E-state index is 6.37. The van der Waals surface area contributed by atoms with Gasteiger partial charge in [-0.15, -0.1) is 0 Å². The standard InChI is InChI=1S/C33H32O8/c1-2-21-3-4-23(13-39-33-19-41-33)29(27(21)9-20(1)12-38-32-18-40-32)11-30-28-10-24(34-14-25-15-35-25)7-5-22(28)6-8-31(30)37-17-26-16-36-26/h1-10,25-26,32-33H,11-19H2. The van der Waals surface area contributed by atoms with E-state index in [2.05, 4.69) is 54.6 Å². The van der Waals surface area contributed by atoms with Gasteiger partial charge in [-0.1, -0.05) is 36.4 Å². The minimum absolute atomic E-state index is 0.0860. The summed E-state index contributed by atoms with van der Waals surface area (Å²) in [6.45, 7) is 4.88. The van der Waals surface area contributed by atoms with Gasteiger partial charge in [-0.25, -0.2) is 0 Å². The lowest BCUT2D eigenvalue weighted by atomic mass is 9.90. The highest BCUT2D eigenvalue weighted by molar-refractivity contribution is 5.92. The van der Waals surface area contributed by atoms with Crippen LogP contribution in [0.5, 0.6) is 11.5 Å². The highest BCUT2D eigenvalue weighted by atomic mass is 16.8. The van der Waals surface area contributed by atoms with Gasteiger partial charge in [-0.3, -0.25) is 0 Å². The Labute approximate surface area is 237 Å². The number of fused-ring (bicyclic) bond motifs is 2. The van der Waals surface area contributed by atoms with Crippen molar-refractivity contribution >= 4 is 21.5 Å². The second kappa shape index (κ2) is 10.9. The molecular formula is C33H32O8. The molecule has 0 bridgehead atoms. The first-order chi connectivity index (χ1) is 20.2. The van der Waals surface area contributed by atoms with E-state index in [1.165, 1.54) is 16.3 Å². The van der Waals surface area contributed by atoms with Crippen LogP contribution in [0.2, 0.25) is 0 Å². The van der Waals surface area contributed by atoms with E-state index >= 15 is 0 Å². The van der Waals surface area contributed by atoms with Crippen LogP contribution in [-0.2, 0) is 48.1 Å². The third-order valence-corrected chi connectivity index (χ3v) is 7.84. The van der Waals surface area contributed by atoms with Gasteiger partial charge in [-0.05, 0) is 62.5 Å². The van der Waals surface area contributed by atoms with Crippen molar-refractivity contribution in [1.29, 1.82) is 0 Å². The zero-order valence-electron chi connectivity index (χ0n) is 22.7. The average molecular weight is 557 g/mol. The van der Waals surface area contributed by atoms with E-state index in [-0.39, 0.29) is 24.8 Å². The molecule has 4 unspecified atom stereocenters. The molecule has 4 aliphatic heterocycles. The molecule has 212 valence electrons. The van der Waals surface area contributed by atoms with Gasteiger partial charge in [0.1, 0.15) is 50.1 Å². The Kier molecular flexibility index (Phi) is 6.75. The van der Waals surface area contributed by atoms with Crippen molar-refractivity contribution in [2.45, 2.75) is 44.4 Å². The molecule has 4 aromatic rings. The lowest BCUT2D eigenvalue weighted by molar-refractivity contribution is 0.0383. The van der Waals surface area contributed by atoms with E-state index in [9.17, 15) is 0 Å². The maximum Gasteiger partial charge on any atom is 0.181 e. The fraction of sp³-hybridized carbons (Fsp3) is 0.394. The van der Waals surface area contributed by atoms with Crippen molar-refractivity contribution in [3.63, 3.8) is 0 Å². The first-order valence-corrected chi connectivity index (χ1v) is 14.3. The molecule has 0 radical (unpaired) electrons. The summed E-state index contributed by atoms with van der Waals surface area (Å²) in [7, 11) is 0. The Morgan fingerprint density at radius 3 is 1.98 bits per heavy atom. The Bertz CT molecular complexity index is 1440. The molecule has 0 saturated carbocycles. The number of hydrogen-bond acceptors (Lipinski definition) is 8. The van der Waals surface area contributed by atoms with Crippen LogP contribution in [0.15, 0.2) is 60.7 Å². The molecule has 0 spiro atoms. The summed E-state index contributed by atoms with van der Waals surface area (Å²) in [6.07, 6.45) is 0.797. The molecule has 0 aromatic heterocycles. The molecule has 4 saturated heterocycles. The monoisotopic (exact) mass is 556 g/mol. The molecule has 8 rings (SSSR count). The first kappa shape index (κ1) is 25.5. The zero-order chi connectivity index (χ0) is 27.2. The molecule has 4 aliphatic rings. The van der Waals surface area contributed by atoms with Crippen LogP contribution in [0.4, 0.5) is 0 Å². The fourth-order valence-electron chi connectivity index (χ4n) is 5.18. The predicted molar refractivity (Wildman–Crippen MR) is 150 cm³/mol. The van der Waals surface area contributed by atoms with Crippen molar-refractivity contribution in [2.24, 2.45) is 0 Å². The SMILES string of the molecule is c1cc2ccc(COC3CO3)c(Cc3c(OCC4CO4)ccc4ccc(OCC5CO5)cc34)c2cc1COC1CO1. The highest BCUT2D eigenvalue weighted by Crippen LogP contribution is 2.37. The third-order valence-electron chi connectivity index (χ3n) is 7.84. The van der Waals surface area contributed by atoms with Crippen LogP contribution in [-0.4, -0.2) is 64.4 Å². The summed E-state index contributed by atoms with van der Waals surface area (Å²) < 4.78 is 45.7. The van der Waals surface area contributed by atoms with E-state index in [0.29, 0.717) is 46.1 Å². The molecule has 8 heteroatoms. The van der Waals surface area contributed by atoms with Gasteiger partial charge in [0, 0.05) is 12.0 Å². The van der Waals surface area contributed by atoms with Crippen LogP contribution < -0.4 is 9.47 Å². The molecule has 4 atom stereocenters. The summed E-state index contributed by atoms with van der Waals surface area (Å²) in [6, 6.07) is 21.3. The van der Waals surface area contributed by atoms with Crippen molar-refractivity contribution < 1.29 is 37.9 Å². The van der Waals surface area contributed by atoms with Gasteiger partial charge in [-0.2, -0.15) is 0 Å². The van der Waals surface area contributed by atoms with Crippen LogP contribution in [0.1, 0.15) is 22.3 Å². The molecule has 0 N–H and O–H groups in total. The van der Waals surface area contributed by atoms with E-state index < -0.39 is 0 Å². The Morgan fingerprint density at radius 2 is 1.24 bits per heavy atom. The lowest BCUT2D eigenvalue weighted by Crippen LogP contribution is -2.08. The fourth-order valence-corrected chi connectivity index (χ4v) is 5.18. The summed E-state index contributed by atoms with van der Waals surface area (Å²) in [5, 5.41) is 4.58. The van der Waals surface area contributed by atoms with E-state index in [1.807, 2.05) is 6.07 Å². The first-order valence-electron chi connectivity index (χ1n) is 14.3. The van der Waals surface area contributed by atoms with Crippen LogP contribution in [0.25, 0.3) is 21.5 Å². The molecular weight excluding hydrogens is 524 g/mol. The van der Waals surface area contributed by atoms with E-state index in [1.54, 1.807) is 0 Å². The largest absolute Gasteiger partial charge is 0.491 e. The minimum atomic E-state index is -0.123. The number of hydrogen-bond donors (Lipinski definition) is 0. The summed E-state index contributed by atoms with van der Waals surface area (Å²) in [5.41, 5.74) is 4.55. The van der Waals surface area contributed by atoms with Gasteiger partial charge in [0.05, 0.1) is 26.4 Å². The van der Waals surface area contributed by atoms with E-state index in [4.69, 9.17) is 37.9 Å². The van der Waals surface area contributed by atoms with Crippen LogP contribution in [0.3, 0.4) is 0 Å². The van der Waals surface area contributed by atoms with Gasteiger partial charge in [0.2, 0.25) is 0 Å². The Hall–Kier alpha value is -3.24. The second-order valence-electron chi connectivity index (χ2n) is 11.0. The normalized spacial score (nSPS) is 24.0. The third kappa shape index (κ3) is 6.18. The molecule has 8 nitrogen and oxygen atoms in total. The summed E-state index contributed by atoms with van der Waals surface area (Å²) in [5.74, 6) is 1.68. The van der Waals surface area contributed by atoms with Gasteiger partial charge >= 0.3 is 0 Å². The van der Waals surface area contributed by atoms with Crippen molar-refractivity contribution in [2.75, 3.05) is 39.6 Å². The molecule has 4 fully saturated rings. The number of benzene rings is 4. The molecule has 41 heavy (non-hydrogen) atoms. The van der Waals surface area contributed by atoms with Crippen LogP contribution in [0, 0.1) is 0 Å². The Balaban J connectivity index is 1.21.